The Morgan fingerprint density at radius 2 is 1.55 bits per heavy atom. The molecular formula is C23H28Cl2N2O2. The van der Waals surface area contributed by atoms with E-state index in [1.54, 1.807) is 4.90 Å². The number of benzene rings is 2. The van der Waals surface area contributed by atoms with Crippen molar-refractivity contribution in [3.05, 3.63) is 69.7 Å². The summed E-state index contributed by atoms with van der Waals surface area (Å²) in [7, 11) is 0. The SMILES string of the molecule is CC(C)(C)OC(=O)N1CCN(C(Cc2ccccc2Cl)c2ccccc2Cl)CC1. The van der Waals surface area contributed by atoms with Gasteiger partial charge >= 0.3 is 6.09 Å². The van der Waals surface area contributed by atoms with Crippen molar-refractivity contribution in [3.8, 4) is 0 Å². The predicted octanol–water partition coefficient (Wildman–Crippen LogP) is 5.83. The van der Waals surface area contributed by atoms with Gasteiger partial charge in [-0.15, -0.1) is 0 Å². The average molecular weight is 435 g/mol. The van der Waals surface area contributed by atoms with Crippen molar-refractivity contribution in [2.75, 3.05) is 26.2 Å². The van der Waals surface area contributed by atoms with Gasteiger partial charge in [0.1, 0.15) is 5.60 Å². The van der Waals surface area contributed by atoms with E-state index in [1.165, 1.54) is 0 Å². The first-order chi connectivity index (χ1) is 13.7. The Balaban J connectivity index is 1.77. The van der Waals surface area contributed by atoms with E-state index in [4.69, 9.17) is 27.9 Å². The molecule has 1 aliphatic rings. The number of nitrogens with zero attached hydrogens (tertiary/aromatic N) is 2. The lowest BCUT2D eigenvalue weighted by Crippen LogP contribution is -2.51. The second kappa shape index (κ2) is 9.38. The summed E-state index contributed by atoms with van der Waals surface area (Å²) in [5, 5.41) is 1.51. The maximum atomic E-state index is 12.4. The number of carbonyl (C=O) groups excluding carboxylic acids is 1. The third-order valence-electron chi connectivity index (χ3n) is 5.04. The van der Waals surface area contributed by atoms with E-state index in [9.17, 15) is 4.79 Å². The molecule has 1 atom stereocenters. The molecule has 0 saturated carbocycles. The van der Waals surface area contributed by atoms with E-state index < -0.39 is 5.60 Å². The van der Waals surface area contributed by atoms with Crippen molar-refractivity contribution in [2.24, 2.45) is 0 Å². The van der Waals surface area contributed by atoms with Crippen LogP contribution in [0.5, 0.6) is 0 Å². The van der Waals surface area contributed by atoms with Gasteiger partial charge in [-0.2, -0.15) is 0 Å². The van der Waals surface area contributed by atoms with Crippen molar-refractivity contribution in [2.45, 2.75) is 38.8 Å². The van der Waals surface area contributed by atoms with Gasteiger partial charge in [0.05, 0.1) is 0 Å². The van der Waals surface area contributed by atoms with Crippen LogP contribution in [-0.2, 0) is 11.2 Å². The molecule has 1 unspecified atom stereocenters. The lowest BCUT2D eigenvalue weighted by Gasteiger charge is -2.40. The molecule has 0 spiro atoms. The van der Waals surface area contributed by atoms with E-state index in [1.807, 2.05) is 57.2 Å². The first kappa shape index (κ1) is 21.9. The first-order valence-electron chi connectivity index (χ1n) is 9.94. The number of carbonyl (C=O) groups is 1. The average Bonchev–Trinajstić information content (AvgIpc) is 2.67. The molecule has 1 saturated heterocycles. The Bertz CT molecular complexity index is 843. The second-order valence-corrected chi connectivity index (χ2v) is 9.15. The number of halogens is 2. The van der Waals surface area contributed by atoms with Crippen molar-refractivity contribution in [3.63, 3.8) is 0 Å². The minimum Gasteiger partial charge on any atom is -0.444 e. The number of piperazine rings is 1. The molecule has 1 fully saturated rings. The van der Waals surface area contributed by atoms with Gasteiger partial charge in [-0.05, 0) is 50.5 Å². The molecule has 1 aliphatic heterocycles. The molecule has 1 amide bonds. The molecule has 2 aromatic carbocycles. The van der Waals surface area contributed by atoms with Crippen LogP contribution in [-0.4, -0.2) is 47.7 Å². The fraction of sp³-hybridized carbons (Fsp3) is 0.435. The highest BCUT2D eigenvalue weighted by Crippen LogP contribution is 2.33. The second-order valence-electron chi connectivity index (χ2n) is 8.34. The summed E-state index contributed by atoms with van der Waals surface area (Å²) in [5.74, 6) is 0. The molecule has 156 valence electrons. The molecule has 0 bridgehead atoms. The molecule has 2 aromatic rings. The zero-order valence-electron chi connectivity index (χ0n) is 17.2. The smallest absolute Gasteiger partial charge is 0.410 e. The van der Waals surface area contributed by atoms with Crippen LogP contribution in [0.3, 0.4) is 0 Å². The van der Waals surface area contributed by atoms with Crippen LogP contribution in [0.1, 0.15) is 37.9 Å². The standard InChI is InChI=1S/C23H28Cl2N2O2/c1-23(2,3)29-22(28)27-14-12-26(13-15-27)21(18-9-5-7-11-20(18)25)16-17-8-4-6-10-19(17)24/h4-11,21H,12-16H2,1-3H3. The first-order valence-corrected chi connectivity index (χ1v) is 10.7. The fourth-order valence-electron chi connectivity index (χ4n) is 3.60. The molecule has 0 aromatic heterocycles. The van der Waals surface area contributed by atoms with E-state index >= 15 is 0 Å². The summed E-state index contributed by atoms with van der Waals surface area (Å²) in [6.07, 6.45) is 0.507. The highest BCUT2D eigenvalue weighted by atomic mass is 35.5. The van der Waals surface area contributed by atoms with Gasteiger partial charge in [0.2, 0.25) is 0 Å². The largest absolute Gasteiger partial charge is 0.444 e. The van der Waals surface area contributed by atoms with Gasteiger partial charge in [-0.3, -0.25) is 4.90 Å². The molecule has 0 radical (unpaired) electrons. The van der Waals surface area contributed by atoms with E-state index in [0.29, 0.717) is 13.1 Å². The van der Waals surface area contributed by atoms with Crippen LogP contribution in [0.15, 0.2) is 48.5 Å². The third kappa shape index (κ3) is 5.88. The fourth-order valence-corrected chi connectivity index (χ4v) is 4.07. The third-order valence-corrected chi connectivity index (χ3v) is 5.75. The summed E-state index contributed by atoms with van der Waals surface area (Å²) >= 11 is 13.0. The number of rotatable bonds is 4. The monoisotopic (exact) mass is 434 g/mol. The van der Waals surface area contributed by atoms with Crippen molar-refractivity contribution < 1.29 is 9.53 Å². The van der Waals surface area contributed by atoms with Crippen LogP contribution < -0.4 is 0 Å². The number of hydrogen-bond acceptors (Lipinski definition) is 3. The highest BCUT2D eigenvalue weighted by molar-refractivity contribution is 6.31. The molecule has 4 nitrogen and oxygen atoms in total. The van der Waals surface area contributed by atoms with Crippen LogP contribution in [0.25, 0.3) is 0 Å². The summed E-state index contributed by atoms with van der Waals surface area (Å²) in [5.41, 5.74) is 1.69. The molecule has 1 heterocycles. The maximum absolute atomic E-state index is 12.4. The molecule has 6 heteroatoms. The summed E-state index contributed by atoms with van der Waals surface area (Å²) in [4.78, 5) is 16.6. The van der Waals surface area contributed by atoms with Crippen LogP contribution >= 0.6 is 23.2 Å². The minimum absolute atomic E-state index is 0.0874. The summed E-state index contributed by atoms with van der Waals surface area (Å²) in [6.45, 7) is 8.41. The van der Waals surface area contributed by atoms with Crippen molar-refractivity contribution >= 4 is 29.3 Å². The van der Waals surface area contributed by atoms with Crippen LogP contribution in [0.2, 0.25) is 10.0 Å². The minimum atomic E-state index is -0.488. The summed E-state index contributed by atoms with van der Waals surface area (Å²) < 4.78 is 5.52. The number of ether oxygens (including phenoxy) is 1. The Labute approximate surface area is 183 Å². The zero-order valence-corrected chi connectivity index (χ0v) is 18.7. The normalized spacial score (nSPS) is 16.5. The molecule has 0 aliphatic carbocycles. The quantitative estimate of drug-likeness (QED) is 0.606. The number of amides is 1. The van der Waals surface area contributed by atoms with Gasteiger partial charge in [0.15, 0.2) is 0 Å². The molecule has 0 N–H and O–H groups in total. The van der Waals surface area contributed by atoms with Gasteiger partial charge in [0, 0.05) is 42.3 Å². The topological polar surface area (TPSA) is 32.8 Å². The Kier molecular flexibility index (Phi) is 7.10. The lowest BCUT2D eigenvalue weighted by atomic mass is 9.96. The van der Waals surface area contributed by atoms with E-state index in [2.05, 4.69) is 17.0 Å². The van der Waals surface area contributed by atoms with Crippen molar-refractivity contribution in [1.29, 1.82) is 0 Å². The predicted molar refractivity (Wildman–Crippen MR) is 119 cm³/mol. The maximum Gasteiger partial charge on any atom is 0.410 e. The Hall–Kier alpha value is -1.75. The Morgan fingerprint density at radius 1 is 0.966 bits per heavy atom. The van der Waals surface area contributed by atoms with E-state index in [0.717, 1.165) is 40.7 Å². The molecule has 3 rings (SSSR count). The molecule has 29 heavy (non-hydrogen) atoms. The number of hydrogen-bond donors (Lipinski definition) is 0. The van der Waals surface area contributed by atoms with Gasteiger partial charge in [0.25, 0.3) is 0 Å². The van der Waals surface area contributed by atoms with Crippen LogP contribution in [0.4, 0.5) is 4.79 Å². The van der Waals surface area contributed by atoms with Crippen LogP contribution in [0, 0.1) is 0 Å². The lowest BCUT2D eigenvalue weighted by molar-refractivity contribution is 0.0102. The van der Waals surface area contributed by atoms with Gasteiger partial charge in [-0.25, -0.2) is 4.79 Å². The van der Waals surface area contributed by atoms with Crippen molar-refractivity contribution in [1.82, 2.24) is 9.80 Å². The highest BCUT2D eigenvalue weighted by Gasteiger charge is 2.30. The zero-order chi connectivity index (χ0) is 21.0. The molecular weight excluding hydrogens is 407 g/mol. The van der Waals surface area contributed by atoms with E-state index in [-0.39, 0.29) is 12.1 Å². The van der Waals surface area contributed by atoms with Gasteiger partial charge in [-0.1, -0.05) is 59.6 Å². The Morgan fingerprint density at radius 3 is 2.14 bits per heavy atom. The summed E-state index contributed by atoms with van der Waals surface area (Å²) in [6, 6.07) is 16.0. The van der Waals surface area contributed by atoms with Gasteiger partial charge < -0.3 is 9.64 Å².